The van der Waals surface area contributed by atoms with Crippen LogP contribution in [0.25, 0.3) is 0 Å². The lowest BCUT2D eigenvalue weighted by Gasteiger charge is -2.16. The lowest BCUT2D eigenvalue weighted by atomic mass is 10.2. The molecule has 1 aliphatic carbocycles. The fourth-order valence-corrected chi connectivity index (χ4v) is 2.84. The van der Waals surface area contributed by atoms with Crippen LogP contribution in [0.4, 0.5) is 4.79 Å². The van der Waals surface area contributed by atoms with E-state index in [4.69, 9.17) is 4.52 Å². The lowest BCUT2D eigenvalue weighted by Crippen LogP contribution is -2.38. The summed E-state index contributed by atoms with van der Waals surface area (Å²) in [6, 6.07) is 1.63. The molecule has 2 N–H and O–H groups in total. The molecule has 2 amide bonds. The van der Waals surface area contributed by atoms with Crippen molar-refractivity contribution in [3.8, 4) is 0 Å². The van der Waals surface area contributed by atoms with E-state index in [1.54, 1.807) is 23.6 Å². The summed E-state index contributed by atoms with van der Waals surface area (Å²) in [4.78, 5) is 16.3. The van der Waals surface area contributed by atoms with Crippen LogP contribution < -0.4 is 10.6 Å². The van der Waals surface area contributed by atoms with Crippen molar-refractivity contribution in [3.05, 3.63) is 34.1 Å². The number of nitrogens with zero attached hydrogens (tertiary/aromatic N) is 2. The summed E-state index contributed by atoms with van der Waals surface area (Å²) in [7, 11) is 0. The number of carbonyl (C=O) groups excluding carboxylic acids is 1. The number of hydrogen-bond donors (Lipinski definition) is 2. The molecular formula is C13H16N4O2S. The molecular weight excluding hydrogens is 276 g/mol. The van der Waals surface area contributed by atoms with Crippen molar-refractivity contribution in [2.75, 3.05) is 0 Å². The Morgan fingerprint density at radius 2 is 2.45 bits per heavy atom. The van der Waals surface area contributed by atoms with Crippen LogP contribution in [0.3, 0.4) is 0 Å². The first kappa shape index (κ1) is 13.1. The molecule has 0 spiro atoms. The zero-order chi connectivity index (χ0) is 13.9. The lowest BCUT2D eigenvalue weighted by molar-refractivity contribution is 0.234. The quantitative estimate of drug-likeness (QED) is 0.886. The maximum Gasteiger partial charge on any atom is 0.315 e. The van der Waals surface area contributed by atoms with Gasteiger partial charge in [-0.1, -0.05) is 5.16 Å². The van der Waals surface area contributed by atoms with E-state index < -0.39 is 0 Å². The smallest absolute Gasteiger partial charge is 0.315 e. The van der Waals surface area contributed by atoms with E-state index in [2.05, 4.69) is 20.8 Å². The molecule has 7 heteroatoms. The van der Waals surface area contributed by atoms with E-state index >= 15 is 0 Å². The van der Waals surface area contributed by atoms with Gasteiger partial charge in [-0.25, -0.2) is 9.78 Å². The van der Waals surface area contributed by atoms with Gasteiger partial charge in [-0.05, 0) is 25.7 Å². The highest BCUT2D eigenvalue weighted by molar-refractivity contribution is 7.09. The molecule has 0 bridgehead atoms. The maximum atomic E-state index is 12.0. The first-order valence-corrected chi connectivity index (χ1v) is 7.46. The predicted molar refractivity (Wildman–Crippen MR) is 74.2 cm³/mol. The SMILES string of the molecule is Cc1cc(CNC(=O)NC(c2nccs2)C2CC2)no1. The van der Waals surface area contributed by atoms with Crippen LogP contribution in [0.1, 0.15) is 35.3 Å². The van der Waals surface area contributed by atoms with Crippen LogP contribution in [0.5, 0.6) is 0 Å². The number of rotatable bonds is 5. The van der Waals surface area contributed by atoms with Gasteiger partial charge in [0.05, 0.1) is 12.6 Å². The van der Waals surface area contributed by atoms with Gasteiger partial charge < -0.3 is 15.2 Å². The summed E-state index contributed by atoms with van der Waals surface area (Å²) in [5, 5.41) is 12.5. The summed E-state index contributed by atoms with van der Waals surface area (Å²) in [5.74, 6) is 1.25. The fraction of sp³-hybridized carbons (Fsp3) is 0.462. The van der Waals surface area contributed by atoms with Crippen molar-refractivity contribution in [1.29, 1.82) is 0 Å². The average molecular weight is 292 g/mol. The van der Waals surface area contributed by atoms with Gasteiger partial charge in [0.2, 0.25) is 0 Å². The number of aromatic nitrogens is 2. The molecule has 0 aromatic carbocycles. The van der Waals surface area contributed by atoms with Crippen LogP contribution in [0.15, 0.2) is 22.2 Å². The molecule has 3 rings (SSSR count). The highest BCUT2D eigenvalue weighted by atomic mass is 32.1. The van der Waals surface area contributed by atoms with E-state index in [0.29, 0.717) is 12.5 Å². The van der Waals surface area contributed by atoms with E-state index in [1.807, 2.05) is 12.3 Å². The van der Waals surface area contributed by atoms with Crippen LogP contribution in [0, 0.1) is 12.8 Å². The molecule has 1 aliphatic rings. The fourth-order valence-electron chi connectivity index (χ4n) is 2.06. The van der Waals surface area contributed by atoms with E-state index in [9.17, 15) is 4.79 Å². The van der Waals surface area contributed by atoms with Gasteiger partial charge in [0.15, 0.2) is 0 Å². The second-order valence-corrected chi connectivity index (χ2v) is 5.87. The second-order valence-electron chi connectivity index (χ2n) is 4.94. The molecule has 0 saturated heterocycles. The largest absolute Gasteiger partial charge is 0.361 e. The van der Waals surface area contributed by atoms with Crippen molar-refractivity contribution in [3.63, 3.8) is 0 Å². The number of carbonyl (C=O) groups is 1. The molecule has 1 atom stereocenters. The molecule has 1 fully saturated rings. The molecule has 2 aromatic heterocycles. The maximum absolute atomic E-state index is 12.0. The molecule has 0 aliphatic heterocycles. The van der Waals surface area contributed by atoms with Crippen molar-refractivity contribution >= 4 is 17.4 Å². The van der Waals surface area contributed by atoms with Crippen molar-refractivity contribution < 1.29 is 9.32 Å². The predicted octanol–water partition coefficient (Wildman–Crippen LogP) is 2.39. The molecule has 6 nitrogen and oxygen atoms in total. The van der Waals surface area contributed by atoms with Gasteiger partial charge in [-0.15, -0.1) is 11.3 Å². The molecule has 2 aromatic rings. The number of hydrogen-bond acceptors (Lipinski definition) is 5. The monoisotopic (exact) mass is 292 g/mol. The van der Waals surface area contributed by atoms with Crippen molar-refractivity contribution in [2.24, 2.45) is 5.92 Å². The standard InChI is InChI=1S/C13H16N4O2S/c1-8-6-10(17-19-8)7-15-13(18)16-11(9-2-3-9)12-14-4-5-20-12/h4-6,9,11H,2-3,7H2,1H3,(H2,15,16,18). The van der Waals surface area contributed by atoms with Gasteiger partial charge in [-0.3, -0.25) is 0 Å². The van der Waals surface area contributed by atoms with Crippen LogP contribution in [0.2, 0.25) is 0 Å². The van der Waals surface area contributed by atoms with Gasteiger partial charge in [0.1, 0.15) is 16.5 Å². The highest BCUT2D eigenvalue weighted by Crippen LogP contribution is 2.41. The molecule has 20 heavy (non-hydrogen) atoms. The summed E-state index contributed by atoms with van der Waals surface area (Å²) in [6.45, 7) is 2.18. The van der Waals surface area contributed by atoms with Gasteiger partial charge >= 0.3 is 6.03 Å². The van der Waals surface area contributed by atoms with Gasteiger partial charge in [0.25, 0.3) is 0 Å². The second kappa shape index (κ2) is 5.62. The average Bonchev–Trinajstić information content (AvgIpc) is 2.96. The van der Waals surface area contributed by atoms with E-state index in [1.165, 1.54) is 0 Å². The topological polar surface area (TPSA) is 80.0 Å². The third-order valence-corrected chi connectivity index (χ3v) is 4.06. The Hall–Kier alpha value is -1.89. The zero-order valence-corrected chi connectivity index (χ0v) is 11.9. The Kier molecular flexibility index (Phi) is 3.68. The first-order valence-electron chi connectivity index (χ1n) is 6.58. The minimum Gasteiger partial charge on any atom is -0.361 e. The van der Waals surface area contributed by atoms with Crippen molar-refractivity contribution in [2.45, 2.75) is 32.4 Å². The van der Waals surface area contributed by atoms with Crippen molar-refractivity contribution in [1.82, 2.24) is 20.8 Å². The van der Waals surface area contributed by atoms with E-state index in [-0.39, 0.29) is 12.1 Å². The summed E-state index contributed by atoms with van der Waals surface area (Å²) >= 11 is 1.58. The summed E-state index contributed by atoms with van der Waals surface area (Å²) in [5.41, 5.74) is 0.717. The Morgan fingerprint density at radius 3 is 3.05 bits per heavy atom. The Labute approximate surface area is 120 Å². The molecule has 2 heterocycles. The van der Waals surface area contributed by atoms with Crippen LogP contribution >= 0.6 is 11.3 Å². The third-order valence-electron chi connectivity index (χ3n) is 3.20. The number of thiazole rings is 1. The van der Waals surface area contributed by atoms with Gasteiger partial charge in [-0.2, -0.15) is 0 Å². The number of nitrogens with one attached hydrogen (secondary N) is 2. The molecule has 106 valence electrons. The Balaban J connectivity index is 1.54. The Morgan fingerprint density at radius 1 is 1.60 bits per heavy atom. The summed E-state index contributed by atoms with van der Waals surface area (Å²) in [6.07, 6.45) is 4.06. The number of aryl methyl sites for hydroxylation is 1. The third kappa shape index (κ3) is 3.16. The molecule has 0 radical (unpaired) electrons. The molecule has 1 saturated carbocycles. The zero-order valence-electron chi connectivity index (χ0n) is 11.1. The Bertz CT molecular complexity index is 577. The number of urea groups is 1. The minimum absolute atomic E-state index is 0.0223. The van der Waals surface area contributed by atoms with Gasteiger partial charge in [0, 0.05) is 17.6 Å². The van der Waals surface area contributed by atoms with Crippen LogP contribution in [-0.2, 0) is 6.54 Å². The highest BCUT2D eigenvalue weighted by Gasteiger charge is 2.34. The first-order chi connectivity index (χ1) is 9.72. The van der Waals surface area contributed by atoms with Crippen LogP contribution in [-0.4, -0.2) is 16.2 Å². The molecule has 1 unspecified atom stereocenters. The normalized spacial score (nSPS) is 15.8. The van der Waals surface area contributed by atoms with E-state index in [0.717, 1.165) is 29.3 Å². The minimum atomic E-state index is -0.197. The number of amides is 2. The summed E-state index contributed by atoms with van der Waals surface area (Å²) < 4.78 is 4.95.